The van der Waals surface area contributed by atoms with Crippen LogP contribution >= 0.6 is 0 Å². The Kier molecular flexibility index (Phi) is 5.51. The predicted molar refractivity (Wildman–Crippen MR) is 36.2 cm³/mol. The van der Waals surface area contributed by atoms with E-state index in [0.717, 1.165) is 0 Å². The van der Waals surface area contributed by atoms with Crippen LogP contribution in [0, 0.1) is 0 Å². The topological polar surface area (TPSA) is 75.6 Å². The molecule has 0 aliphatic rings. The van der Waals surface area contributed by atoms with Gasteiger partial charge in [-0.1, -0.05) is 0 Å². The summed E-state index contributed by atoms with van der Waals surface area (Å²) < 4.78 is 26.6. The molecule has 0 aliphatic carbocycles. The van der Waals surface area contributed by atoms with E-state index in [4.69, 9.17) is 5.11 Å². The molecular weight excluding hydrogens is 158 g/mol. The van der Waals surface area contributed by atoms with Crippen LogP contribution in [0.15, 0.2) is 0 Å². The van der Waals surface area contributed by atoms with Gasteiger partial charge in [-0.05, 0) is 0 Å². The van der Waals surface area contributed by atoms with Crippen molar-refractivity contribution >= 4 is 10.9 Å². The highest BCUT2D eigenvalue weighted by molar-refractivity contribution is 7.70. The van der Waals surface area contributed by atoms with Gasteiger partial charge < -0.3 is 9.84 Å². The highest BCUT2D eigenvalue weighted by Gasteiger charge is 2.03. The molecule has 6 heteroatoms. The van der Waals surface area contributed by atoms with Gasteiger partial charge in [0.2, 0.25) is 10.9 Å². The van der Waals surface area contributed by atoms with E-state index < -0.39 is 17.0 Å². The van der Waals surface area contributed by atoms with E-state index in [0.29, 0.717) is 0 Å². The van der Waals surface area contributed by atoms with Gasteiger partial charge in [0.05, 0.1) is 12.7 Å². The molecule has 10 heavy (non-hydrogen) atoms. The second kappa shape index (κ2) is 5.60. The molecule has 0 rings (SSSR count). The molecule has 0 radical (unpaired) electrons. The largest absolute Gasteiger partial charge is 0.394 e. The summed E-state index contributed by atoms with van der Waals surface area (Å²) in [7, 11) is -1.18. The third-order valence-electron chi connectivity index (χ3n) is 0.985. The second-order valence-corrected chi connectivity index (χ2v) is 2.49. The van der Waals surface area contributed by atoms with Crippen molar-refractivity contribution in [3.05, 3.63) is 0 Å². The van der Waals surface area contributed by atoms with Crippen LogP contribution in [-0.2, 0) is 15.6 Å². The van der Waals surface area contributed by atoms with Gasteiger partial charge in [-0.25, -0.2) is 13.1 Å². The number of hydrogen-bond acceptors (Lipinski definition) is 4. The summed E-state index contributed by atoms with van der Waals surface area (Å²) in [6, 6.07) is 0. The van der Waals surface area contributed by atoms with E-state index in [1.54, 1.807) is 0 Å². The Hall–Kier alpha value is -0.170. The van der Waals surface area contributed by atoms with Crippen molar-refractivity contribution < 1.29 is 18.3 Å². The van der Waals surface area contributed by atoms with Crippen molar-refractivity contribution in [3.63, 3.8) is 0 Å². The molecule has 0 heterocycles. The van der Waals surface area contributed by atoms with Crippen LogP contribution < -0.4 is 4.72 Å². The summed E-state index contributed by atoms with van der Waals surface area (Å²) in [5.74, 6) is 0. The summed E-state index contributed by atoms with van der Waals surface area (Å²) in [6.07, 6.45) is -0.451. The lowest BCUT2D eigenvalue weighted by atomic mass is 10.4. The summed E-state index contributed by atoms with van der Waals surface area (Å²) >= 11 is 0. The molecule has 0 aromatic rings. The molecule has 0 amide bonds. The minimum absolute atomic E-state index is 0.117. The van der Waals surface area contributed by atoms with Crippen LogP contribution in [0.5, 0.6) is 0 Å². The van der Waals surface area contributed by atoms with Crippen LogP contribution in [-0.4, -0.2) is 39.9 Å². The molecule has 0 fully saturated rings. The summed E-state index contributed by atoms with van der Waals surface area (Å²) in [5.41, 5.74) is 0. The van der Waals surface area contributed by atoms with Crippen LogP contribution in [0.4, 0.5) is 0 Å². The lowest BCUT2D eigenvalue weighted by Gasteiger charge is -2.09. The molecule has 62 valence electrons. The number of aliphatic hydroxyl groups excluding tert-OH is 1. The van der Waals surface area contributed by atoms with E-state index in [-0.39, 0.29) is 13.2 Å². The maximum absolute atomic E-state index is 9.92. The molecule has 1 unspecified atom stereocenters. The Morgan fingerprint density at radius 1 is 1.70 bits per heavy atom. The van der Waals surface area contributed by atoms with Crippen LogP contribution in [0.3, 0.4) is 0 Å². The molecule has 5 nitrogen and oxygen atoms in total. The molecule has 1 atom stereocenters. The number of methoxy groups -OCH3 is 1. The normalized spacial score (nSPS) is 13.9. The van der Waals surface area contributed by atoms with Gasteiger partial charge in [-0.3, -0.25) is 0 Å². The fraction of sp³-hybridized carbons (Fsp3) is 1.00. The SMILES string of the molecule is COC(CO)CN[SH](=O)=O. The number of rotatable bonds is 5. The third-order valence-corrected chi connectivity index (χ3v) is 1.43. The van der Waals surface area contributed by atoms with E-state index in [9.17, 15) is 8.42 Å². The maximum Gasteiger partial charge on any atom is 0.201 e. The van der Waals surface area contributed by atoms with E-state index in [1.165, 1.54) is 7.11 Å². The lowest BCUT2D eigenvalue weighted by Crippen LogP contribution is -2.30. The van der Waals surface area contributed by atoms with E-state index in [2.05, 4.69) is 9.46 Å². The number of aliphatic hydroxyl groups is 1. The second-order valence-electron chi connectivity index (χ2n) is 1.66. The standard InChI is InChI=1S/C4H11NO4S/c1-9-4(3-6)2-5-10(7)8/h4,6,10H,2-3H2,1H3,(H,5,7,8). The first-order valence-electron chi connectivity index (χ1n) is 2.72. The molecule has 0 aliphatic heterocycles. The lowest BCUT2D eigenvalue weighted by molar-refractivity contribution is 0.0530. The molecule has 0 saturated heterocycles. The van der Waals surface area contributed by atoms with Crippen molar-refractivity contribution in [2.45, 2.75) is 6.10 Å². The molecular formula is C4H11NO4S. The highest BCUT2D eigenvalue weighted by atomic mass is 32.2. The van der Waals surface area contributed by atoms with Crippen molar-refractivity contribution in [2.24, 2.45) is 0 Å². The predicted octanol–water partition coefficient (Wildman–Crippen LogP) is -1.89. The quantitative estimate of drug-likeness (QED) is 0.421. The minimum atomic E-state index is -2.59. The zero-order valence-corrected chi connectivity index (χ0v) is 6.51. The minimum Gasteiger partial charge on any atom is -0.394 e. The van der Waals surface area contributed by atoms with E-state index >= 15 is 0 Å². The average molecular weight is 169 g/mol. The highest BCUT2D eigenvalue weighted by Crippen LogP contribution is 1.83. The van der Waals surface area contributed by atoms with Crippen LogP contribution in [0.1, 0.15) is 0 Å². The molecule has 0 aromatic heterocycles. The van der Waals surface area contributed by atoms with Gasteiger partial charge in [0.25, 0.3) is 0 Å². The summed E-state index contributed by atoms with van der Waals surface area (Å²) in [5, 5.41) is 8.48. The number of ether oxygens (including phenoxy) is 1. The Labute approximate surface area is 61.1 Å². The zero-order valence-electron chi connectivity index (χ0n) is 5.61. The van der Waals surface area contributed by atoms with Gasteiger partial charge in [0.1, 0.15) is 0 Å². The first-order chi connectivity index (χ1) is 4.70. The molecule has 0 aromatic carbocycles. The van der Waals surface area contributed by atoms with Gasteiger partial charge in [0, 0.05) is 13.7 Å². The van der Waals surface area contributed by atoms with Crippen molar-refractivity contribution in [1.82, 2.24) is 4.72 Å². The Morgan fingerprint density at radius 2 is 2.30 bits per heavy atom. The Balaban J connectivity index is 3.44. The Morgan fingerprint density at radius 3 is 2.60 bits per heavy atom. The number of nitrogens with one attached hydrogen (secondary N) is 1. The van der Waals surface area contributed by atoms with E-state index in [1.807, 2.05) is 0 Å². The number of hydrogen-bond donors (Lipinski definition) is 3. The number of thiol groups is 1. The molecule has 0 bridgehead atoms. The van der Waals surface area contributed by atoms with Gasteiger partial charge in [-0.15, -0.1) is 0 Å². The first kappa shape index (κ1) is 9.83. The smallest absolute Gasteiger partial charge is 0.201 e. The van der Waals surface area contributed by atoms with Crippen molar-refractivity contribution in [3.8, 4) is 0 Å². The zero-order chi connectivity index (χ0) is 7.98. The van der Waals surface area contributed by atoms with Crippen LogP contribution in [0.2, 0.25) is 0 Å². The average Bonchev–Trinajstić information content (AvgIpc) is 1.90. The van der Waals surface area contributed by atoms with Crippen LogP contribution in [0.25, 0.3) is 0 Å². The maximum atomic E-state index is 9.92. The monoisotopic (exact) mass is 169 g/mol. The molecule has 2 N–H and O–H groups in total. The molecule has 0 spiro atoms. The van der Waals surface area contributed by atoms with Crippen molar-refractivity contribution in [1.29, 1.82) is 0 Å². The fourth-order valence-corrected chi connectivity index (χ4v) is 0.751. The summed E-state index contributed by atoms with van der Waals surface area (Å²) in [4.78, 5) is 0. The van der Waals surface area contributed by atoms with Gasteiger partial charge in [-0.2, -0.15) is 0 Å². The third kappa shape index (κ3) is 4.68. The fourth-order valence-electron chi connectivity index (χ4n) is 0.399. The first-order valence-corrected chi connectivity index (χ1v) is 3.90. The molecule has 0 saturated carbocycles. The van der Waals surface area contributed by atoms with Gasteiger partial charge >= 0.3 is 0 Å². The Bertz CT molecular complexity index is 134. The summed E-state index contributed by atoms with van der Waals surface area (Å²) in [6.45, 7) is -0.0711. The van der Waals surface area contributed by atoms with Gasteiger partial charge in [0.15, 0.2) is 0 Å². The van der Waals surface area contributed by atoms with Crippen molar-refractivity contribution in [2.75, 3.05) is 20.3 Å².